The zero-order valence-electron chi connectivity index (χ0n) is 15.4. The van der Waals surface area contributed by atoms with Crippen molar-refractivity contribution >= 4 is 11.9 Å². The summed E-state index contributed by atoms with van der Waals surface area (Å²) in [4.78, 5) is 26.0. The van der Waals surface area contributed by atoms with Crippen LogP contribution in [0.3, 0.4) is 0 Å². The summed E-state index contributed by atoms with van der Waals surface area (Å²) in [5, 5.41) is 9.06. The fourth-order valence-electron chi connectivity index (χ4n) is 3.76. The van der Waals surface area contributed by atoms with Gasteiger partial charge in [0.1, 0.15) is 5.76 Å². The van der Waals surface area contributed by atoms with Gasteiger partial charge in [0.15, 0.2) is 0 Å². The summed E-state index contributed by atoms with van der Waals surface area (Å²) >= 11 is 0. The van der Waals surface area contributed by atoms with Gasteiger partial charge in [-0.25, -0.2) is 4.79 Å². The summed E-state index contributed by atoms with van der Waals surface area (Å²) in [6.07, 6.45) is 3.53. The first kappa shape index (κ1) is 18.0. The number of likely N-dealkylation sites (tertiary alicyclic amines) is 1. The minimum atomic E-state index is -0.927. The Hall–Kier alpha value is -3.34. The molecule has 1 aromatic heterocycles. The predicted octanol–water partition coefficient (Wildman–Crippen LogP) is 4.66. The Balaban J connectivity index is 1.50. The van der Waals surface area contributed by atoms with E-state index < -0.39 is 5.97 Å². The molecule has 0 spiro atoms. The van der Waals surface area contributed by atoms with Crippen LogP contribution < -0.4 is 0 Å². The van der Waals surface area contributed by atoms with Crippen LogP contribution in [0.4, 0.5) is 0 Å². The molecule has 5 nitrogen and oxygen atoms in total. The molecule has 0 bridgehead atoms. The molecule has 0 radical (unpaired) electrons. The van der Waals surface area contributed by atoms with Crippen molar-refractivity contribution in [2.24, 2.45) is 0 Å². The molecule has 1 atom stereocenters. The van der Waals surface area contributed by atoms with E-state index in [0.717, 1.165) is 36.3 Å². The number of benzene rings is 2. The van der Waals surface area contributed by atoms with E-state index in [0.29, 0.717) is 12.1 Å². The molecule has 1 saturated heterocycles. The van der Waals surface area contributed by atoms with Crippen LogP contribution in [0.25, 0.3) is 11.3 Å². The first-order valence-electron chi connectivity index (χ1n) is 9.38. The number of furan rings is 1. The van der Waals surface area contributed by atoms with Crippen LogP contribution in [-0.2, 0) is 0 Å². The minimum absolute atomic E-state index is 0.0141. The number of aromatic carboxylic acids is 1. The van der Waals surface area contributed by atoms with Crippen molar-refractivity contribution in [3.05, 3.63) is 83.6 Å². The molecule has 0 unspecified atom stereocenters. The molecule has 0 saturated carbocycles. The molecule has 2 heterocycles. The Morgan fingerprint density at radius 2 is 1.82 bits per heavy atom. The van der Waals surface area contributed by atoms with Gasteiger partial charge in [0.25, 0.3) is 5.91 Å². The summed E-state index contributed by atoms with van der Waals surface area (Å²) in [7, 11) is 0. The number of amides is 1. The van der Waals surface area contributed by atoms with Crippen molar-refractivity contribution in [3.63, 3.8) is 0 Å². The zero-order chi connectivity index (χ0) is 19.5. The second-order valence-corrected chi connectivity index (χ2v) is 7.08. The average Bonchev–Trinajstić information content (AvgIpc) is 3.28. The summed E-state index contributed by atoms with van der Waals surface area (Å²) in [6, 6.07) is 18.2. The van der Waals surface area contributed by atoms with Gasteiger partial charge in [-0.1, -0.05) is 24.3 Å². The van der Waals surface area contributed by atoms with E-state index in [2.05, 4.69) is 0 Å². The van der Waals surface area contributed by atoms with Gasteiger partial charge in [0, 0.05) is 30.1 Å². The lowest BCUT2D eigenvalue weighted by molar-refractivity contribution is 0.0693. The van der Waals surface area contributed by atoms with Crippen molar-refractivity contribution in [2.75, 3.05) is 13.1 Å². The van der Waals surface area contributed by atoms with Gasteiger partial charge in [0.05, 0.1) is 11.8 Å². The molecule has 142 valence electrons. The van der Waals surface area contributed by atoms with Crippen molar-refractivity contribution in [2.45, 2.75) is 18.8 Å². The topological polar surface area (TPSA) is 70.8 Å². The molecule has 1 N–H and O–H groups in total. The molecule has 1 aliphatic heterocycles. The molecule has 1 fully saturated rings. The Labute approximate surface area is 163 Å². The Morgan fingerprint density at radius 3 is 2.54 bits per heavy atom. The van der Waals surface area contributed by atoms with Gasteiger partial charge in [0.2, 0.25) is 0 Å². The molecule has 1 amide bonds. The summed E-state index contributed by atoms with van der Waals surface area (Å²) in [6.45, 7) is 1.36. The quantitative estimate of drug-likeness (QED) is 0.720. The highest BCUT2D eigenvalue weighted by Crippen LogP contribution is 2.29. The molecular weight excluding hydrogens is 354 g/mol. The molecule has 1 aliphatic rings. The molecule has 5 heteroatoms. The molecule has 4 rings (SSSR count). The Kier molecular flexibility index (Phi) is 4.98. The third-order valence-electron chi connectivity index (χ3n) is 5.25. The van der Waals surface area contributed by atoms with Crippen LogP contribution in [0.15, 0.2) is 71.3 Å². The van der Waals surface area contributed by atoms with Crippen molar-refractivity contribution in [3.8, 4) is 11.3 Å². The number of carboxylic acid groups (broad SMARTS) is 1. The fourth-order valence-corrected chi connectivity index (χ4v) is 3.76. The minimum Gasteiger partial charge on any atom is -0.478 e. The third kappa shape index (κ3) is 3.69. The summed E-state index contributed by atoms with van der Waals surface area (Å²) in [5.41, 5.74) is 2.89. The molecule has 28 heavy (non-hydrogen) atoms. The van der Waals surface area contributed by atoms with Crippen molar-refractivity contribution in [1.29, 1.82) is 0 Å². The average molecular weight is 375 g/mol. The van der Waals surface area contributed by atoms with Gasteiger partial charge in [-0.15, -0.1) is 0 Å². The molecule has 3 aromatic rings. The highest BCUT2D eigenvalue weighted by atomic mass is 16.4. The SMILES string of the molecule is O=C(O)c1ccc([C@H]2CCCN(C(=O)c3cccc(-c4ccco4)c3)C2)cc1. The highest BCUT2D eigenvalue weighted by molar-refractivity contribution is 5.95. The number of rotatable bonds is 4. The third-order valence-corrected chi connectivity index (χ3v) is 5.25. The first-order chi connectivity index (χ1) is 13.6. The maximum Gasteiger partial charge on any atom is 0.335 e. The lowest BCUT2D eigenvalue weighted by atomic mass is 9.89. The molecular formula is C23H21NO4. The van der Waals surface area contributed by atoms with Crippen LogP contribution in [0, 0.1) is 0 Å². The largest absolute Gasteiger partial charge is 0.478 e. The first-order valence-corrected chi connectivity index (χ1v) is 9.38. The normalized spacial score (nSPS) is 16.7. The van der Waals surface area contributed by atoms with Crippen LogP contribution in [0.2, 0.25) is 0 Å². The van der Waals surface area contributed by atoms with Crippen LogP contribution >= 0.6 is 0 Å². The number of hydrogen-bond acceptors (Lipinski definition) is 3. The van der Waals surface area contributed by atoms with Gasteiger partial charge in [-0.3, -0.25) is 4.79 Å². The lowest BCUT2D eigenvalue weighted by Crippen LogP contribution is -2.39. The smallest absolute Gasteiger partial charge is 0.335 e. The monoisotopic (exact) mass is 375 g/mol. The highest BCUT2D eigenvalue weighted by Gasteiger charge is 2.26. The van der Waals surface area contributed by atoms with E-state index in [-0.39, 0.29) is 17.4 Å². The van der Waals surface area contributed by atoms with E-state index in [4.69, 9.17) is 9.52 Å². The number of carbonyl (C=O) groups is 2. The van der Waals surface area contributed by atoms with Crippen LogP contribution in [0.1, 0.15) is 45.0 Å². The predicted molar refractivity (Wildman–Crippen MR) is 105 cm³/mol. The number of carboxylic acids is 1. The Morgan fingerprint density at radius 1 is 1.00 bits per heavy atom. The van der Waals surface area contributed by atoms with Gasteiger partial charge in [-0.2, -0.15) is 0 Å². The van der Waals surface area contributed by atoms with Gasteiger partial charge >= 0.3 is 5.97 Å². The maximum absolute atomic E-state index is 13.1. The molecule has 2 aromatic carbocycles. The lowest BCUT2D eigenvalue weighted by Gasteiger charge is -2.33. The van der Waals surface area contributed by atoms with Gasteiger partial charge < -0.3 is 14.4 Å². The molecule has 0 aliphatic carbocycles. The van der Waals surface area contributed by atoms with Gasteiger partial charge in [-0.05, 0) is 54.8 Å². The summed E-state index contributed by atoms with van der Waals surface area (Å²) in [5.74, 6) is 0.0437. The van der Waals surface area contributed by atoms with Crippen LogP contribution in [0.5, 0.6) is 0 Å². The maximum atomic E-state index is 13.1. The second kappa shape index (κ2) is 7.72. The van der Waals surface area contributed by atoms with E-state index in [1.807, 2.05) is 53.4 Å². The summed E-state index contributed by atoms with van der Waals surface area (Å²) < 4.78 is 5.43. The van der Waals surface area contributed by atoms with E-state index in [1.54, 1.807) is 18.4 Å². The zero-order valence-corrected chi connectivity index (χ0v) is 15.4. The van der Waals surface area contributed by atoms with E-state index in [9.17, 15) is 9.59 Å². The Bertz CT molecular complexity index is 976. The van der Waals surface area contributed by atoms with E-state index >= 15 is 0 Å². The standard InChI is InChI=1S/C23H21NO4/c25-22(19-5-1-4-18(14-19)21-7-3-13-28-21)24-12-2-6-20(15-24)16-8-10-17(11-9-16)23(26)27/h1,3-5,7-11,13-14,20H,2,6,12,15H2,(H,26,27)/t20-/m0/s1. The fraction of sp³-hybridized carbons (Fsp3) is 0.217. The number of nitrogens with zero attached hydrogens (tertiary/aromatic N) is 1. The van der Waals surface area contributed by atoms with E-state index in [1.165, 1.54) is 0 Å². The number of hydrogen-bond donors (Lipinski definition) is 1. The number of piperidine rings is 1. The van der Waals surface area contributed by atoms with Crippen LogP contribution in [-0.4, -0.2) is 35.0 Å². The van der Waals surface area contributed by atoms with Crippen molar-refractivity contribution in [1.82, 2.24) is 4.90 Å². The second-order valence-electron chi connectivity index (χ2n) is 7.08. The number of carbonyl (C=O) groups excluding carboxylic acids is 1. The van der Waals surface area contributed by atoms with Crippen molar-refractivity contribution < 1.29 is 19.1 Å².